The van der Waals surface area contributed by atoms with Crippen molar-refractivity contribution < 1.29 is 4.52 Å². The summed E-state index contributed by atoms with van der Waals surface area (Å²) in [6.45, 7) is 2.05. The molecule has 0 spiro atoms. The zero-order valence-corrected chi connectivity index (χ0v) is 11.6. The van der Waals surface area contributed by atoms with Crippen LogP contribution in [-0.4, -0.2) is 23.2 Å². The van der Waals surface area contributed by atoms with Crippen LogP contribution in [0.25, 0.3) is 11.5 Å². The molecule has 0 radical (unpaired) electrons. The number of likely N-dealkylation sites (N-methyl/N-ethyl adjacent to an activating group) is 1. The fraction of sp³-hybridized carbons (Fsp3) is 0.333. The van der Waals surface area contributed by atoms with Crippen LogP contribution in [0.3, 0.4) is 0 Å². The molecular weight excluding hydrogens is 273 g/mol. The topological polar surface area (TPSA) is 51.0 Å². The molecule has 0 aliphatic carbocycles. The first-order valence-electron chi connectivity index (χ1n) is 5.55. The third-order valence-corrected chi connectivity index (χ3v) is 3.36. The highest BCUT2D eigenvalue weighted by Gasteiger charge is 2.12. The molecule has 1 aromatic heterocycles. The summed E-state index contributed by atoms with van der Waals surface area (Å²) in [5, 5.41) is 8.02. The van der Waals surface area contributed by atoms with E-state index in [0.717, 1.165) is 5.56 Å². The summed E-state index contributed by atoms with van der Waals surface area (Å²) in [5.41, 5.74) is 0.764. The zero-order chi connectivity index (χ0) is 13.1. The zero-order valence-electron chi connectivity index (χ0n) is 10.1. The number of hydrogen-bond acceptors (Lipinski definition) is 4. The molecule has 96 valence electrons. The molecule has 4 nitrogen and oxygen atoms in total. The first-order chi connectivity index (χ1) is 8.60. The van der Waals surface area contributed by atoms with Gasteiger partial charge >= 0.3 is 0 Å². The van der Waals surface area contributed by atoms with Crippen molar-refractivity contribution in [1.29, 1.82) is 0 Å². The SMILES string of the molecule is CNC(C)Cc1noc(-c2ccc(Cl)c(Cl)c2)n1. The van der Waals surface area contributed by atoms with Crippen LogP contribution in [-0.2, 0) is 6.42 Å². The second-order valence-electron chi connectivity index (χ2n) is 4.04. The van der Waals surface area contributed by atoms with E-state index in [9.17, 15) is 0 Å². The van der Waals surface area contributed by atoms with Gasteiger partial charge in [0.1, 0.15) is 0 Å². The van der Waals surface area contributed by atoms with Crippen LogP contribution < -0.4 is 5.32 Å². The first-order valence-corrected chi connectivity index (χ1v) is 6.31. The fourth-order valence-electron chi connectivity index (χ4n) is 1.46. The molecule has 1 aromatic carbocycles. The number of hydrogen-bond donors (Lipinski definition) is 1. The lowest BCUT2D eigenvalue weighted by molar-refractivity contribution is 0.418. The van der Waals surface area contributed by atoms with Gasteiger partial charge in [0.15, 0.2) is 5.82 Å². The Hall–Kier alpha value is -1.10. The monoisotopic (exact) mass is 285 g/mol. The van der Waals surface area contributed by atoms with Crippen molar-refractivity contribution in [2.24, 2.45) is 0 Å². The van der Waals surface area contributed by atoms with Crippen LogP contribution in [0.4, 0.5) is 0 Å². The number of rotatable bonds is 4. The van der Waals surface area contributed by atoms with Crippen molar-refractivity contribution >= 4 is 23.2 Å². The minimum atomic E-state index is 0.296. The Bertz CT molecular complexity index is 542. The Kier molecular flexibility index (Phi) is 4.22. The molecule has 0 aliphatic heterocycles. The van der Waals surface area contributed by atoms with Crippen LogP contribution in [0.5, 0.6) is 0 Å². The van der Waals surface area contributed by atoms with E-state index in [1.54, 1.807) is 18.2 Å². The van der Waals surface area contributed by atoms with Gasteiger partial charge in [0, 0.05) is 18.0 Å². The molecule has 0 amide bonds. The summed E-state index contributed by atoms with van der Waals surface area (Å²) in [6.07, 6.45) is 0.710. The summed E-state index contributed by atoms with van der Waals surface area (Å²) < 4.78 is 5.20. The van der Waals surface area contributed by atoms with E-state index in [1.807, 2.05) is 7.05 Å². The van der Waals surface area contributed by atoms with Crippen LogP contribution >= 0.6 is 23.2 Å². The molecule has 1 heterocycles. The minimum absolute atomic E-state index is 0.296. The van der Waals surface area contributed by atoms with Crippen LogP contribution in [0, 0.1) is 0 Å². The largest absolute Gasteiger partial charge is 0.334 e. The summed E-state index contributed by atoms with van der Waals surface area (Å²) in [7, 11) is 1.89. The van der Waals surface area contributed by atoms with Crippen molar-refractivity contribution in [3.63, 3.8) is 0 Å². The van der Waals surface area contributed by atoms with E-state index in [1.165, 1.54) is 0 Å². The lowest BCUT2D eigenvalue weighted by Gasteiger charge is -2.04. The highest BCUT2D eigenvalue weighted by atomic mass is 35.5. The number of halogens is 2. The Balaban J connectivity index is 2.21. The van der Waals surface area contributed by atoms with Crippen molar-refractivity contribution in [2.75, 3.05) is 7.05 Å². The number of nitrogens with zero attached hydrogens (tertiary/aromatic N) is 2. The second kappa shape index (κ2) is 5.69. The lowest BCUT2D eigenvalue weighted by atomic mass is 10.2. The van der Waals surface area contributed by atoms with Gasteiger partial charge in [-0.1, -0.05) is 28.4 Å². The van der Waals surface area contributed by atoms with Crippen molar-refractivity contribution in [1.82, 2.24) is 15.5 Å². The standard InChI is InChI=1S/C12H13Cl2N3O/c1-7(15-2)5-11-16-12(18-17-11)8-3-4-9(13)10(14)6-8/h3-4,6-7,15H,5H2,1-2H3. The Morgan fingerprint density at radius 3 is 2.78 bits per heavy atom. The summed E-state index contributed by atoms with van der Waals surface area (Å²) in [5.74, 6) is 1.12. The van der Waals surface area contributed by atoms with Gasteiger partial charge in [0.2, 0.25) is 0 Å². The fourth-order valence-corrected chi connectivity index (χ4v) is 1.76. The Labute approximate surface area is 115 Å². The number of nitrogens with one attached hydrogen (secondary N) is 1. The predicted molar refractivity (Wildman–Crippen MR) is 72.0 cm³/mol. The third-order valence-electron chi connectivity index (χ3n) is 2.62. The molecule has 0 saturated carbocycles. The van der Waals surface area contributed by atoms with Gasteiger partial charge in [-0.3, -0.25) is 0 Å². The molecule has 1 atom stereocenters. The van der Waals surface area contributed by atoms with E-state index in [4.69, 9.17) is 27.7 Å². The van der Waals surface area contributed by atoms with E-state index in [-0.39, 0.29) is 0 Å². The molecule has 0 saturated heterocycles. The summed E-state index contributed by atoms with van der Waals surface area (Å²) in [4.78, 5) is 4.32. The molecule has 0 aliphatic rings. The van der Waals surface area contributed by atoms with Gasteiger partial charge in [-0.25, -0.2) is 0 Å². The van der Waals surface area contributed by atoms with E-state index in [0.29, 0.717) is 34.2 Å². The average molecular weight is 286 g/mol. The minimum Gasteiger partial charge on any atom is -0.334 e. The normalized spacial score (nSPS) is 12.7. The van der Waals surface area contributed by atoms with Gasteiger partial charge in [-0.15, -0.1) is 0 Å². The first kappa shape index (κ1) is 13.3. The maximum atomic E-state index is 5.95. The molecule has 2 aromatic rings. The van der Waals surface area contributed by atoms with Crippen molar-refractivity contribution in [3.05, 3.63) is 34.1 Å². The molecule has 1 unspecified atom stereocenters. The van der Waals surface area contributed by atoms with E-state index >= 15 is 0 Å². The smallest absolute Gasteiger partial charge is 0.257 e. The number of benzene rings is 1. The highest BCUT2D eigenvalue weighted by molar-refractivity contribution is 6.42. The van der Waals surface area contributed by atoms with Gasteiger partial charge in [0.25, 0.3) is 5.89 Å². The van der Waals surface area contributed by atoms with Gasteiger partial charge in [-0.05, 0) is 32.2 Å². The van der Waals surface area contributed by atoms with Crippen LogP contribution in [0.2, 0.25) is 10.0 Å². The molecule has 0 fully saturated rings. The molecule has 18 heavy (non-hydrogen) atoms. The Morgan fingerprint density at radius 1 is 1.33 bits per heavy atom. The van der Waals surface area contributed by atoms with Crippen molar-refractivity contribution in [3.8, 4) is 11.5 Å². The molecule has 1 N–H and O–H groups in total. The summed E-state index contributed by atoms with van der Waals surface area (Å²) in [6, 6.07) is 5.51. The van der Waals surface area contributed by atoms with E-state index < -0.39 is 0 Å². The average Bonchev–Trinajstić information content (AvgIpc) is 2.81. The lowest BCUT2D eigenvalue weighted by Crippen LogP contribution is -2.24. The predicted octanol–water partition coefficient (Wildman–Crippen LogP) is 3.19. The van der Waals surface area contributed by atoms with Crippen molar-refractivity contribution in [2.45, 2.75) is 19.4 Å². The molecular formula is C12H13Cl2N3O. The summed E-state index contributed by atoms with van der Waals surface area (Å²) >= 11 is 11.8. The third kappa shape index (κ3) is 3.02. The van der Waals surface area contributed by atoms with Gasteiger partial charge < -0.3 is 9.84 Å². The Morgan fingerprint density at radius 2 is 2.11 bits per heavy atom. The second-order valence-corrected chi connectivity index (χ2v) is 4.85. The quantitative estimate of drug-likeness (QED) is 0.937. The number of aromatic nitrogens is 2. The maximum absolute atomic E-state index is 5.95. The van der Waals surface area contributed by atoms with Gasteiger partial charge in [-0.2, -0.15) is 4.98 Å². The maximum Gasteiger partial charge on any atom is 0.257 e. The highest BCUT2D eigenvalue weighted by Crippen LogP contribution is 2.27. The van der Waals surface area contributed by atoms with Crippen LogP contribution in [0.1, 0.15) is 12.7 Å². The molecule has 2 rings (SSSR count). The molecule has 0 bridgehead atoms. The van der Waals surface area contributed by atoms with E-state index in [2.05, 4.69) is 22.4 Å². The van der Waals surface area contributed by atoms with Gasteiger partial charge in [0.05, 0.1) is 10.0 Å². The van der Waals surface area contributed by atoms with Crippen LogP contribution in [0.15, 0.2) is 22.7 Å². The molecule has 6 heteroatoms.